The molecule has 0 fully saturated rings. The number of nitrogens with zero attached hydrogens (tertiary/aromatic N) is 1. The number of hydrogen-bond acceptors (Lipinski definition) is 9. The van der Waals surface area contributed by atoms with Crippen LogP contribution in [0.25, 0.3) is 11.0 Å². The van der Waals surface area contributed by atoms with Crippen LogP contribution in [0.15, 0.2) is 111 Å². The first kappa shape index (κ1) is 31.0. The Kier molecular flexibility index (Phi) is 9.75. The van der Waals surface area contributed by atoms with Crippen molar-refractivity contribution >= 4 is 32.6 Å². The summed E-state index contributed by atoms with van der Waals surface area (Å²) >= 11 is 0. The van der Waals surface area contributed by atoms with Gasteiger partial charge >= 0.3 is 0 Å². The highest BCUT2D eigenvalue weighted by Gasteiger charge is 2.32. The molecule has 12 heteroatoms. The van der Waals surface area contributed by atoms with Gasteiger partial charge in [-0.2, -0.15) is 4.31 Å². The number of anilines is 1. The summed E-state index contributed by atoms with van der Waals surface area (Å²) in [5.74, 6) is -0.683. The van der Waals surface area contributed by atoms with Crippen LogP contribution >= 0.6 is 0 Å². The summed E-state index contributed by atoms with van der Waals surface area (Å²) in [6.07, 6.45) is 2.11. The number of amides is 1. The molecule has 0 aliphatic carbocycles. The van der Waals surface area contributed by atoms with Crippen LogP contribution in [0.4, 0.5) is 5.69 Å². The molecule has 4 aromatic rings. The monoisotopic (exact) mass is 620 g/mol. The molecule has 1 amide bonds. The third-order valence-electron chi connectivity index (χ3n) is 7.11. The van der Waals surface area contributed by atoms with E-state index in [1.165, 1.54) is 37.6 Å². The number of hydrogen-bond donors (Lipinski definition) is 2. The van der Waals surface area contributed by atoms with Crippen molar-refractivity contribution in [1.82, 2.24) is 4.31 Å². The van der Waals surface area contributed by atoms with Crippen molar-refractivity contribution in [3.63, 3.8) is 0 Å². The van der Waals surface area contributed by atoms with Crippen LogP contribution in [0.1, 0.15) is 17.9 Å². The first-order valence-corrected chi connectivity index (χ1v) is 15.4. The molecule has 0 spiro atoms. The fraction of sp³-hybridized carbons (Fsp3) is 0.250. The summed E-state index contributed by atoms with van der Waals surface area (Å²) in [6.45, 7) is -0.782. The molecule has 3 aromatic carbocycles. The number of fused-ring (bicyclic) bond motifs is 1. The van der Waals surface area contributed by atoms with Crippen molar-refractivity contribution in [2.24, 2.45) is 0 Å². The minimum Gasteiger partial charge on any atom is -0.497 e. The van der Waals surface area contributed by atoms with Gasteiger partial charge in [0.1, 0.15) is 11.3 Å². The predicted octanol–water partition coefficient (Wildman–Crippen LogP) is 3.85. The average Bonchev–Trinajstić information content (AvgIpc) is 3.05. The van der Waals surface area contributed by atoms with Crippen molar-refractivity contribution in [3.05, 3.63) is 113 Å². The van der Waals surface area contributed by atoms with Crippen molar-refractivity contribution < 1.29 is 36.9 Å². The molecule has 2 N–H and O–H groups in total. The number of allylic oxidation sites excluding steroid dienone is 1. The van der Waals surface area contributed by atoms with Gasteiger partial charge in [0.25, 0.3) is 5.91 Å². The second-order valence-electron chi connectivity index (χ2n) is 9.93. The van der Waals surface area contributed by atoms with Gasteiger partial charge in [-0.05, 0) is 54.6 Å². The smallest absolute Gasteiger partial charge is 0.290 e. The molecule has 1 aliphatic rings. The number of carbonyl (C=O) groups is 1. The zero-order chi connectivity index (χ0) is 31.1. The highest BCUT2D eigenvalue weighted by molar-refractivity contribution is 7.89. The van der Waals surface area contributed by atoms with Crippen molar-refractivity contribution in [1.29, 1.82) is 0 Å². The summed E-state index contributed by atoms with van der Waals surface area (Å²) in [6, 6.07) is 21.6. The van der Waals surface area contributed by atoms with Gasteiger partial charge < -0.3 is 29.1 Å². The first-order valence-electron chi connectivity index (χ1n) is 13.9. The molecule has 0 radical (unpaired) electrons. The van der Waals surface area contributed by atoms with Crippen molar-refractivity contribution in [2.75, 3.05) is 38.7 Å². The lowest BCUT2D eigenvalue weighted by molar-refractivity contribution is -0.143. The van der Waals surface area contributed by atoms with Gasteiger partial charge in [-0.1, -0.05) is 30.3 Å². The first-order chi connectivity index (χ1) is 21.3. The predicted molar refractivity (Wildman–Crippen MR) is 163 cm³/mol. The topological polar surface area (TPSA) is 145 Å². The van der Waals surface area contributed by atoms with Crippen LogP contribution in [-0.4, -0.2) is 63.4 Å². The number of sulfonamides is 1. The third kappa shape index (κ3) is 7.00. The molecule has 1 aliphatic heterocycles. The van der Waals surface area contributed by atoms with Gasteiger partial charge in [0.05, 0.1) is 36.9 Å². The number of rotatable bonds is 12. The molecule has 2 atom stereocenters. The van der Waals surface area contributed by atoms with E-state index in [0.717, 1.165) is 4.31 Å². The van der Waals surface area contributed by atoms with E-state index in [9.17, 15) is 23.1 Å². The van der Waals surface area contributed by atoms with Crippen LogP contribution in [0, 0.1) is 0 Å². The van der Waals surface area contributed by atoms with Crippen LogP contribution in [0.2, 0.25) is 0 Å². The van der Waals surface area contributed by atoms with Crippen LogP contribution in [-0.2, 0) is 24.3 Å². The van der Waals surface area contributed by atoms with Crippen molar-refractivity contribution in [2.45, 2.75) is 23.5 Å². The molecule has 2 heterocycles. The Morgan fingerprint density at radius 2 is 1.75 bits per heavy atom. The van der Waals surface area contributed by atoms with E-state index in [0.29, 0.717) is 28.0 Å². The minimum atomic E-state index is -3.96. The van der Waals surface area contributed by atoms with E-state index in [-0.39, 0.29) is 42.2 Å². The molecular weight excluding hydrogens is 588 g/mol. The van der Waals surface area contributed by atoms with Crippen LogP contribution in [0.3, 0.4) is 0 Å². The summed E-state index contributed by atoms with van der Waals surface area (Å²) < 4.78 is 50.3. The van der Waals surface area contributed by atoms with Crippen molar-refractivity contribution in [3.8, 4) is 5.75 Å². The zero-order valence-corrected chi connectivity index (χ0v) is 24.7. The number of ether oxygens (including phenoxy) is 3. The second-order valence-corrected chi connectivity index (χ2v) is 11.9. The number of carbonyl (C=O) groups excluding carboxylic acids is 1. The molecular formula is C32H32N2O9S. The summed E-state index contributed by atoms with van der Waals surface area (Å²) in [5.41, 5.74) is 1.08. The molecule has 11 nitrogen and oxygen atoms in total. The molecule has 5 rings (SSSR count). The van der Waals surface area contributed by atoms with E-state index in [1.54, 1.807) is 54.6 Å². The van der Waals surface area contributed by atoms with E-state index < -0.39 is 34.7 Å². The molecule has 44 heavy (non-hydrogen) atoms. The molecule has 1 aromatic heterocycles. The number of aliphatic hydroxyl groups is 1. The van der Waals surface area contributed by atoms with E-state index in [4.69, 9.17) is 18.6 Å². The SMILES string of the molecule is COc1ccc(S(=O)(=O)N(CCO)CCO[C@H]2C[C@@H](c3coc4ccccc4c3=O)C=C(C(=O)Nc3ccccc3)O2)cc1. The molecule has 0 saturated heterocycles. The lowest BCUT2D eigenvalue weighted by Gasteiger charge is -2.30. The van der Waals surface area contributed by atoms with Gasteiger partial charge in [0.2, 0.25) is 16.3 Å². The maximum Gasteiger partial charge on any atom is 0.290 e. The largest absolute Gasteiger partial charge is 0.497 e. The van der Waals surface area contributed by atoms with Gasteiger partial charge in [0, 0.05) is 36.7 Å². The quantitative estimate of drug-likeness (QED) is 0.241. The minimum absolute atomic E-state index is 0.0339. The highest BCUT2D eigenvalue weighted by atomic mass is 32.2. The molecule has 0 saturated carbocycles. The van der Waals surface area contributed by atoms with E-state index in [1.807, 2.05) is 6.07 Å². The van der Waals surface area contributed by atoms with Gasteiger partial charge in [0.15, 0.2) is 11.2 Å². The van der Waals surface area contributed by atoms with Gasteiger partial charge in [-0.3, -0.25) is 9.59 Å². The summed E-state index contributed by atoms with van der Waals surface area (Å²) in [4.78, 5) is 26.6. The average molecular weight is 621 g/mol. The summed E-state index contributed by atoms with van der Waals surface area (Å²) in [5, 5.41) is 12.7. The fourth-order valence-electron chi connectivity index (χ4n) is 4.84. The molecule has 0 unspecified atom stereocenters. The Bertz CT molecular complexity index is 1790. The second kappa shape index (κ2) is 13.9. The highest BCUT2D eigenvalue weighted by Crippen LogP contribution is 2.31. The molecule has 230 valence electrons. The Morgan fingerprint density at radius 3 is 2.48 bits per heavy atom. The number of aliphatic hydroxyl groups excluding tert-OH is 1. The van der Waals surface area contributed by atoms with Crippen LogP contribution < -0.4 is 15.5 Å². The zero-order valence-electron chi connectivity index (χ0n) is 23.9. The maximum atomic E-state index is 13.4. The Labute approximate surface area is 254 Å². The fourth-order valence-corrected chi connectivity index (χ4v) is 6.26. The number of para-hydroxylation sites is 2. The summed E-state index contributed by atoms with van der Waals surface area (Å²) in [7, 11) is -2.48. The van der Waals surface area contributed by atoms with E-state index in [2.05, 4.69) is 5.32 Å². The number of benzene rings is 3. The molecule has 0 bridgehead atoms. The van der Waals surface area contributed by atoms with E-state index >= 15 is 0 Å². The van der Waals surface area contributed by atoms with Crippen LogP contribution in [0.5, 0.6) is 5.75 Å². The maximum absolute atomic E-state index is 13.4. The Hall–Kier alpha value is -4.49. The van der Waals surface area contributed by atoms with Gasteiger partial charge in [-0.25, -0.2) is 8.42 Å². The Morgan fingerprint density at radius 1 is 1.02 bits per heavy atom. The number of nitrogens with one attached hydrogen (secondary N) is 1. The Balaban J connectivity index is 1.35. The number of methoxy groups -OCH3 is 1. The lowest BCUT2D eigenvalue weighted by Crippen LogP contribution is -2.38. The lowest BCUT2D eigenvalue weighted by atomic mass is 9.93. The standard InChI is InChI=1S/C32H32N2O9S/c1-40-24-11-13-25(14-12-24)44(38,39)34(15-17-35)16-18-41-30-20-22(27-21-42-28-10-6-5-9-26(28)31(27)36)19-29(43-30)32(37)33-23-7-3-2-4-8-23/h2-14,19,21-22,30,35H,15-18,20H2,1H3,(H,33,37)/t22-,30+/m0/s1. The normalized spacial score (nSPS) is 16.8. The third-order valence-corrected chi connectivity index (χ3v) is 9.02. The van der Waals surface area contributed by atoms with Gasteiger partial charge in [-0.15, -0.1) is 0 Å².